The van der Waals surface area contributed by atoms with Gasteiger partial charge in [-0.05, 0) is 33.7 Å². The van der Waals surface area contributed by atoms with Gasteiger partial charge in [0, 0.05) is 11.6 Å². The van der Waals surface area contributed by atoms with Crippen LogP contribution >= 0.6 is 0 Å². The molecule has 6 nitrogen and oxygen atoms in total. The maximum atomic E-state index is 12.6. The van der Waals surface area contributed by atoms with E-state index in [1.165, 1.54) is 4.90 Å². The highest BCUT2D eigenvalue weighted by molar-refractivity contribution is 5.84. The highest BCUT2D eigenvalue weighted by atomic mass is 16.5. The lowest BCUT2D eigenvalue weighted by Gasteiger charge is -2.37. The molecule has 0 spiro atoms. The van der Waals surface area contributed by atoms with E-state index in [2.05, 4.69) is 12.2 Å². The van der Waals surface area contributed by atoms with Crippen molar-refractivity contribution in [1.29, 1.82) is 0 Å². The van der Waals surface area contributed by atoms with Crippen LogP contribution in [0, 0.1) is 5.92 Å². The number of carbonyl (C=O) groups excluding carboxylic acids is 1. The fraction of sp³-hybridized carbons (Fsp3) is 0.857. The Kier molecular flexibility index (Phi) is 5.95. The second kappa shape index (κ2) is 7.04. The highest BCUT2D eigenvalue weighted by Crippen LogP contribution is 2.22. The van der Waals surface area contributed by atoms with Crippen LogP contribution in [0.5, 0.6) is 0 Å². The molecule has 0 aliphatic carbocycles. The lowest BCUT2D eigenvalue weighted by Crippen LogP contribution is -2.54. The second-order valence-corrected chi connectivity index (χ2v) is 6.19. The van der Waals surface area contributed by atoms with Crippen LogP contribution in [0.25, 0.3) is 0 Å². The van der Waals surface area contributed by atoms with Crippen molar-refractivity contribution in [3.05, 3.63) is 0 Å². The summed E-state index contributed by atoms with van der Waals surface area (Å²) in [5, 5.41) is 12.3. The van der Waals surface area contributed by atoms with Crippen LogP contribution in [-0.4, -0.2) is 59.8 Å². The van der Waals surface area contributed by atoms with E-state index in [9.17, 15) is 9.59 Å². The van der Waals surface area contributed by atoms with Crippen molar-refractivity contribution in [2.24, 2.45) is 5.92 Å². The minimum Gasteiger partial charge on any atom is -0.480 e. The molecule has 1 heterocycles. The van der Waals surface area contributed by atoms with Crippen LogP contribution in [0.2, 0.25) is 0 Å². The van der Waals surface area contributed by atoms with Crippen molar-refractivity contribution in [1.82, 2.24) is 10.2 Å². The number of nitrogens with zero attached hydrogens (tertiary/aromatic N) is 1. The summed E-state index contributed by atoms with van der Waals surface area (Å²) in [4.78, 5) is 25.1. The van der Waals surface area contributed by atoms with Crippen LogP contribution in [0.1, 0.15) is 34.1 Å². The standard InChI is InChI=1S/C14H26N2O4/c1-5-6-15-11-9-20-8-10(11)13(19)16(7-12(17)18)14(2,3)4/h10-11,15H,5-9H2,1-4H3,(H,17,18). The Morgan fingerprint density at radius 2 is 2.00 bits per heavy atom. The van der Waals surface area contributed by atoms with Gasteiger partial charge in [0.2, 0.25) is 5.91 Å². The number of carbonyl (C=O) groups is 2. The Morgan fingerprint density at radius 3 is 2.50 bits per heavy atom. The van der Waals surface area contributed by atoms with E-state index in [1.54, 1.807) is 0 Å². The van der Waals surface area contributed by atoms with Gasteiger partial charge < -0.3 is 20.1 Å². The minimum absolute atomic E-state index is 0.0268. The van der Waals surface area contributed by atoms with Crippen LogP contribution in [0.4, 0.5) is 0 Å². The first-order valence-corrected chi connectivity index (χ1v) is 7.11. The molecule has 1 saturated heterocycles. The Hall–Kier alpha value is -1.14. The number of carboxylic acid groups (broad SMARTS) is 1. The average molecular weight is 286 g/mol. The van der Waals surface area contributed by atoms with Gasteiger partial charge >= 0.3 is 5.97 Å². The number of aliphatic carboxylic acids is 1. The molecule has 0 bridgehead atoms. The molecule has 20 heavy (non-hydrogen) atoms. The summed E-state index contributed by atoms with van der Waals surface area (Å²) in [5.41, 5.74) is -0.520. The van der Waals surface area contributed by atoms with Crippen molar-refractivity contribution in [2.45, 2.75) is 45.7 Å². The van der Waals surface area contributed by atoms with Gasteiger partial charge in [0.15, 0.2) is 0 Å². The molecule has 0 aromatic carbocycles. The van der Waals surface area contributed by atoms with E-state index in [1.807, 2.05) is 20.8 Å². The first-order chi connectivity index (χ1) is 9.27. The maximum Gasteiger partial charge on any atom is 0.323 e. The topological polar surface area (TPSA) is 78.9 Å². The van der Waals surface area contributed by atoms with Gasteiger partial charge in [0.1, 0.15) is 6.54 Å². The van der Waals surface area contributed by atoms with Crippen molar-refractivity contribution in [3.8, 4) is 0 Å². The SMILES string of the molecule is CCCNC1COCC1C(=O)N(CC(=O)O)C(C)(C)C. The smallest absolute Gasteiger partial charge is 0.323 e. The largest absolute Gasteiger partial charge is 0.480 e. The molecule has 1 amide bonds. The third kappa shape index (κ3) is 4.45. The second-order valence-electron chi connectivity index (χ2n) is 6.19. The maximum absolute atomic E-state index is 12.6. The fourth-order valence-corrected chi connectivity index (χ4v) is 2.31. The quantitative estimate of drug-likeness (QED) is 0.752. The molecule has 1 aliphatic rings. The molecule has 1 aliphatic heterocycles. The summed E-state index contributed by atoms with van der Waals surface area (Å²) in [6.07, 6.45) is 0.982. The Bertz CT molecular complexity index is 352. The summed E-state index contributed by atoms with van der Waals surface area (Å²) in [6.45, 7) is 9.00. The number of ether oxygens (including phenoxy) is 1. The zero-order chi connectivity index (χ0) is 15.3. The first kappa shape index (κ1) is 16.9. The molecule has 2 atom stereocenters. The van der Waals surface area contributed by atoms with E-state index < -0.39 is 11.5 Å². The third-order valence-corrected chi connectivity index (χ3v) is 3.42. The Labute approximate surface area is 120 Å². The van der Waals surface area contributed by atoms with Crippen molar-refractivity contribution in [3.63, 3.8) is 0 Å². The lowest BCUT2D eigenvalue weighted by molar-refractivity contribution is -0.150. The number of carboxylic acids is 1. The van der Waals surface area contributed by atoms with E-state index >= 15 is 0 Å². The van der Waals surface area contributed by atoms with Gasteiger partial charge in [0.05, 0.1) is 19.1 Å². The van der Waals surface area contributed by atoms with Gasteiger partial charge in [-0.3, -0.25) is 9.59 Å². The fourth-order valence-electron chi connectivity index (χ4n) is 2.31. The number of hydrogen-bond acceptors (Lipinski definition) is 4. The van der Waals surface area contributed by atoms with Crippen LogP contribution in [0.15, 0.2) is 0 Å². The number of rotatable bonds is 6. The highest BCUT2D eigenvalue weighted by Gasteiger charge is 2.40. The number of nitrogens with one attached hydrogen (secondary N) is 1. The molecule has 0 aromatic rings. The van der Waals surface area contributed by atoms with Crippen molar-refractivity contribution < 1.29 is 19.4 Å². The van der Waals surface area contributed by atoms with Gasteiger partial charge in [-0.15, -0.1) is 0 Å². The summed E-state index contributed by atoms with van der Waals surface area (Å²) in [7, 11) is 0. The zero-order valence-corrected chi connectivity index (χ0v) is 12.8. The van der Waals surface area contributed by atoms with Gasteiger partial charge in [-0.1, -0.05) is 6.92 Å². The van der Waals surface area contributed by atoms with Crippen molar-refractivity contribution in [2.75, 3.05) is 26.3 Å². The summed E-state index contributed by atoms with van der Waals surface area (Å²) in [6, 6.07) is -0.0268. The summed E-state index contributed by atoms with van der Waals surface area (Å²) in [5.74, 6) is -1.45. The van der Waals surface area contributed by atoms with Gasteiger partial charge in [-0.2, -0.15) is 0 Å². The van der Waals surface area contributed by atoms with Gasteiger partial charge in [0.25, 0.3) is 0 Å². The first-order valence-electron chi connectivity index (χ1n) is 7.11. The van der Waals surface area contributed by atoms with Crippen LogP contribution < -0.4 is 5.32 Å². The summed E-state index contributed by atoms with van der Waals surface area (Å²) >= 11 is 0. The third-order valence-electron chi connectivity index (χ3n) is 3.42. The molecule has 0 aromatic heterocycles. The predicted octanol–water partition coefficient (Wildman–Crippen LogP) is 0.713. The number of hydrogen-bond donors (Lipinski definition) is 2. The molecular weight excluding hydrogens is 260 g/mol. The van der Waals surface area contributed by atoms with Gasteiger partial charge in [-0.25, -0.2) is 0 Å². The molecule has 2 N–H and O–H groups in total. The van der Waals surface area contributed by atoms with E-state index in [0.29, 0.717) is 13.2 Å². The Balaban J connectivity index is 2.80. The van der Waals surface area contributed by atoms with Crippen LogP contribution in [0.3, 0.4) is 0 Å². The average Bonchev–Trinajstić information content (AvgIpc) is 2.79. The molecule has 0 saturated carbocycles. The molecule has 1 fully saturated rings. The zero-order valence-electron chi connectivity index (χ0n) is 12.8. The normalized spacial score (nSPS) is 22.8. The van der Waals surface area contributed by atoms with Crippen LogP contribution in [-0.2, 0) is 14.3 Å². The summed E-state index contributed by atoms with van der Waals surface area (Å²) < 4.78 is 5.40. The molecule has 1 rings (SSSR count). The molecule has 0 radical (unpaired) electrons. The molecule has 6 heteroatoms. The minimum atomic E-state index is -0.995. The van der Waals surface area contributed by atoms with E-state index in [0.717, 1.165) is 13.0 Å². The monoisotopic (exact) mass is 286 g/mol. The van der Waals surface area contributed by atoms with Crippen molar-refractivity contribution >= 4 is 11.9 Å². The molecule has 2 unspecified atom stereocenters. The van der Waals surface area contributed by atoms with E-state index in [4.69, 9.17) is 9.84 Å². The Morgan fingerprint density at radius 1 is 1.35 bits per heavy atom. The number of amides is 1. The molecular formula is C14H26N2O4. The van der Waals surface area contributed by atoms with E-state index in [-0.39, 0.29) is 24.4 Å². The lowest BCUT2D eigenvalue weighted by atomic mass is 9.97. The predicted molar refractivity (Wildman–Crippen MR) is 75.5 cm³/mol. The molecule has 116 valence electrons.